The molecule has 0 unspecified atom stereocenters. The fraction of sp³-hybridized carbons (Fsp3) is 0.263. The fourth-order valence-corrected chi connectivity index (χ4v) is 4.68. The van der Waals surface area contributed by atoms with Gasteiger partial charge in [0.2, 0.25) is 11.2 Å². The van der Waals surface area contributed by atoms with Crippen molar-refractivity contribution in [3.63, 3.8) is 0 Å². The molecule has 1 saturated carbocycles. The van der Waals surface area contributed by atoms with Crippen molar-refractivity contribution in [2.24, 2.45) is 5.92 Å². The largest absolute Gasteiger partial charge is 0.339 e. The number of halogens is 2. The Labute approximate surface area is 177 Å². The zero-order chi connectivity index (χ0) is 19.8. The van der Waals surface area contributed by atoms with Crippen LogP contribution in [0.25, 0.3) is 10.9 Å². The van der Waals surface area contributed by atoms with E-state index in [9.17, 15) is 4.79 Å². The van der Waals surface area contributed by atoms with Crippen LogP contribution in [-0.2, 0) is 4.79 Å². The van der Waals surface area contributed by atoms with Crippen molar-refractivity contribution in [2.45, 2.75) is 12.8 Å². The van der Waals surface area contributed by atoms with E-state index in [2.05, 4.69) is 54.8 Å². The van der Waals surface area contributed by atoms with Gasteiger partial charge in [0.1, 0.15) is 11.6 Å². The molecule has 0 radical (unpaired) electrons. The van der Waals surface area contributed by atoms with E-state index in [0.29, 0.717) is 11.6 Å². The molecule has 0 saturated heterocycles. The van der Waals surface area contributed by atoms with Gasteiger partial charge in [-0.15, -0.1) is 0 Å². The highest BCUT2D eigenvalue weighted by atomic mass is 79.9. The first kappa shape index (κ1) is 19.5. The number of nitrogens with one attached hydrogen (secondary N) is 2. The Kier molecular flexibility index (Phi) is 5.50. The molecule has 4 rings (SSSR count). The number of aromatic nitrogens is 3. The predicted octanol–water partition coefficient (Wildman–Crippen LogP) is 4.90. The van der Waals surface area contributed by atoms with Crippen LogP contribution in [0.1, 0.15) is 12.8 Å². The average Bonchev–Trinajstić information content (AvgIpc) is 3.49. The van der Waals surface area contributed by atoms with Gasteiger partial charge in [0.15, 0.2) is 0 Å². The van der Waals surface area contributed by atoms with Crippen LogP contribution in [0.5, 0.6) is 0 Å². The van der Waals surface area contributed by atoms with Crippen molar-refractivity contribution in [3.8, 4) is 0 Å². The van der Waals surface area contributed by atoms with Gasteiger partial charge >= 0.3 is 0 Å². The van der Waals surface area contributed by atoms with Gasteiger partial charge in [-0.3, -0.25) is 4.79 Å². The third kappa shape index (κ3) is 4.12. The van der Waals surface area contributed by atoms with E-state index < -0.39 is 7.92 Å². The summed E-state index contributed by atoms with van der Waals surface area (Å²) in [6, 6.07) is 7.83. The molecule has 1 amide bonds. The number of pyridine rings is 1. The first-order chi connectivity index (χ1) is 13.4. The summed E-state index contributed by atoms with van der Waals surface area (Å²) in [5, 5.41) is 8.70. The topological polar surface area (TPSA) is 79.8 Å². The lowest BCUT2D eigenvalue weighted by Crippen LogP contribution is -2.15. The average molecular weight is 479 g/mol. The van der Waals surface area contributed by atoms with Gasteiger partial charge < -0.3 is 10.6 Å². The molecule has 28 heavy (non-hydrogen) atoms. The molecule has 6 nitrogen and oxygen atoms in total. The maximum absolute atomic E-state index is 12.0. The van der Waals surface area contributed by atoms with Gasteiger partial charge in [-0.2, -0.15) is 4.98 Å². The molecule has 2 N–H and O–H groups in total. The third-order valence-electron chi connectivity index (χ3n) is 4.46. The monoisotopic (exact) mass is 477 g/mol. The minimum atomic E-state index is -0.438. The number of anilines is 3. The standard InChI is InChI=1S/C19H18BrClN5OP/c1-28(2)16-11-5-8-15(25-18(27)10-3-4-10)23-13(11)6-7-14(16)24-17-12(20)9-22-19(21)26-17/h5-10H,3-4H2,1-2H3,(H,22,24,26)(H,23,25,27). The Hall–Kier alpha value is -1.82. The smallest absolute Gasteiger partial charge is 0.228 e. The highest BCUT2D eigenvalue weighted by molar-refractivity contribution is 9.10. The molecule has 0 bridgehead atoms. The lowest BCUT2D eigenvalue weighted by atomic mass is 10.2. The van der Waals surface area contributed by atoms with E-state index in [1.165, 1.54) is 5.30 Å². The Morgan fingerprint density at radius 3 is 2.71 bits per heavy atom. The number of carbonyl (C=O) groups excluding carboxylic acids is 1. The lowest BCUT2D eigenvalue weighted by molar-refractivity contribution is -0.117. The van der Waals surface area contributed by atoms with Crippen molar-refractivity contribution in [1.29, 1.82) is 0 Å². The first-order valence-electron chi connectivity index (χ1n) is 8.79. The summed E-state index contributed by atoms with van der Waals surface area (Å²) < 4.78 is 0.732. The van der Waals surface area contributed by atoms with Gasteiger partial charge in [0.05, 0.1) is 9.99 Å². The van der Waals surface area contributed by atoms with Crippen LogP contribution in [0.2, 0.25) is 5.28 Å². The Balaban J connectivity index is 1.72. The zero-order valence-electron chi connectivity index (χ0n) is 15.3. The molecule has 1 aliphatic carbocycles. The van der Waals surface area contributed by atoms with E-state index in [4.69, 9.17) is 11.6 Å². The van der Waals surface area contributed by atoms with Crippen LogP contribution in [0.4, 0.5) is 17.3 Å². The summed E-state index contributed by atoms with van der Waals surface area (Å²) in [6.07, 6.45) is 3.56. The van der Waals surface area contributed by atoms with Crippen molar-refractivity contribution in [1.82, 2.24) is 15.0 Å². The Bertz CT molecular complexity index is 1070. The molecule has 9 heteroatoms. The second-order valence-corrected chi connectivity index (χ2v) is 10.3. The normalized spacial score (nSPS) is 13.8. The number of hydrogen-bond acceptors (Lipinski definition) is 5. The van der Waals surface area contributed by atoms with E-state index in [1.54, 1.807) is 6.20 Å². The second-order valence-electron chi connectivity index (χ2n) is 6.84. The molecule has 1 aliphatic rings. The molecule has 0 aliphatic heterocycles. The van der Waals surface area contributed by atoms with Crippen LogP contribution >= 0.6 is 35.5 Å². The fourth-order valence-electron chi connectivity index (χ4n) is 2.98. The Morgan fingerprint density at radius 2 is 2.00 bits per heavy atom. The molecule has 0 spiro atoms. The molecular weight excluding hydrogens is 461 g/mol. The van der Waals surface area contributed by atoms with E-state index in [1.807, 2.05) is 24.3 Å². The van der Waals surface area contributed by atoms with Gasteiger partial charge in [-0.1, -0.05) is 7.92 Å². The van der Waals surface area contributed by atoms with Gasteiger partial charge in [0, 0.05) is 28.5 Å². The van der Waals surface area contributed by atoms with E-state index in [0.717, 1.165) is 33.9 Å². The van der Waals surface area contributed by atoms with Crippen LogP contribution in [-0.4, -0.2) is 34.2 Å². The summed E-state index contributed by atoms with van der Waals surface area (Å²) in [5.41, 5.74) is 1.81. The molecule has 2 heterocycles. The second kappa shape index (κ2) is 7.90. The molecule has 2 aromatic heterocycles. The van der Waals surface area contributed by atoms with E-state index >= 15 is 0 Å². The highest BCUT2D eigenvalue weighted by Crippen LogP contribution is 2.35. The predicted molar refractivity (Wildman–Crippen MR) is 120 cm³/mol. The van der Waals surface area contributed by atoms with Crippen LogP contribution < -0.4 is 15.9 Å². The highest BCUT2D eigenvalue weighted by Gasteiger charge is 2.29. The number of benzene rings is 1. The van der Waals surface area contributed by atoms with Crippen LogP contribution in [0, 0.1) is 5.92 Å². The van der Waals surface area contributed by atoms with E-state index in [-0.39, 0.29) is 17.1 Å². The molecule has 144 valence electrons. The van der Waals surface area contributed by atoms with Gasteiger partial charge in [-0.25, -0.2) is 9.97 Å². The number of amides is 1. The summed E-state index contributed by atoms with van der Waals surface area (Å²) >= 11 is 9.40. The quantitative estimate of drug-likeness (QED) is 0.403. The molecule has 1 aromatic carbocycles. The van der Waals surface area contributed by atoms with Crippen molar-refractivity contribution < 1.29 is 4.79 Å². The van der Waals surface area contributed by atoms with Crippen molar-refractivity contribution in [3.05, 3.63) is 40.2 Å². The van der Waals surface area contributed by atoms with Crippen LogP contribution in [0.15, 0.2) is 34.9 Å². The maximum Gasteiger partial charge on any atom is 0.228 e. The first-order valence-corrected chi connectivity index (χ1v) is 12.2. The van der Waals surface area contributed by atoms with Crippen molar-refractivity contribution in [2.75, 3.05) is 24.0 Å². The number of fused-ring (bicyclic) bond motifs is 1. The summed E-state index contributed by atoms with van der Waals surface area (Å²) in [6.45, 7) is 4.39. The number of rotatable bonds is 5. The lowest BCUT2D eigenvalue weighted by Gasteiger charge is -2.18. The SMILES string of the molecule is CP(C)c1c(Nc2nc(Cl)ncc2Br)ccc2nc(NC(=O)C3CC3)ccc12. The molecule has 1 fully saturated rings. The zero-order valence-corrected chi connectivity index (χ0v) is 18.6. The molecule has 0 atom stereocenters. The van der Waals surface area contributed by atoms with Gasteiger partial charge in [-0.05, 0) is 78.0 Å². The van der Waals surface area contributed by atoms with Gasteiger partial charge in [0.25, 0.3) is 0 Å². The minimum Gasteiger partial charge on any atom is -0.339 e. The summed E-state index contributed by atoms with van der Waals surface area (Å²) in [5.74, 6) is 1.41. The van der Waals surface area contributed by atoms with Crippen molar-refractivity contribution >= 4 is 74.9 Å². The number of carbonyl (C=O) groups is 1. The Morgan fingerprint density at radius 1 is 1.21 bits per heavy atom. The maximum atomic E-state index is 12.0. The summed E-state index contributed by atoms with van der Waals surface area (Å²) in [7, 11) is -0.438. The number of nitrogens with zero attached hydrogens (tertiary/aromatic N) is 3. The molecule has 3 aromatic rings. The third-order valence-corrected chi connectivity index (χ3v) is 6.60. The number of hydrogen-bond donors (Lipinski definition) is 2. The summed E-state index contributed by atoms with van der Waals surface area (Å²) in [4.78, 5) is 24.9. The minimum absolute atomic E-state index is 0.0593. The molecular formula is C19H18BrClN5OP. The van der Waals surface area contributed by atoms with Crippen LogP contribution in [0.3, 0.4) is 0 Å².